The van der Waals surface area contributed by atoms with Crippen LogP contribution in [0.3, 0.4) is 0 Å². The minimum Gasteiger partial charge on any atom is -0.496 e. The molecule has 142 valence electrons. The molecule has 1 aliphatic rings. The van der Waals surface area contributed by atoms with Gasteiger partial charge in [-0.3, -0.25) is 9.59 Å². The van der Waals surface area contributed by atoms with Crippen molar-refractivity contribution in [1.29, 1.82) is 0 Å². The first-order chi connectivity index (χ1) is 13.0. The first kappa shape index (κ1) is 19.0. The lowest BCUT2D eigenvalue weighted by Gasteiger charge is -2.30. The first-order valence-corrected chi connectivity index (χ1v) is 9.37. The Morgan fingerprint density at radius 2 is 1.96 bits per heavy atom. The first-order valence-electron chi connectivity index (χ1n) is 9.37. The number of rotatable bonds is 6. The Balaban J connectivity index is 1.79. The molecule has 0 aromatic heterocycles. The van der Waals surface area contributed by atoms with Crippen LogP contribution < -0.4 is 15.0 Å². The summed E-state index contributed by atoms with van der Waals surface area (Å²) >= 11 is 0. The van der Waals surface area contributed by atoms with Crippen molar-refractivity contribution < 1.29 is 14.3 Å². The van der Waals surface area contributed by atoms with Crippen molar-refractivity contribution >= 4 is 23.2 Å². The van der Waals surface area contributed by atoms with Crippen molar-refractivity contribution in [2.75, 3.05) is 23.9 Å². The van der Waals surface area contributed by atoms with Gasteiger partial charge in [0.25, 0.3) is 5.91 Å². The maximum atomic E-state index is 12.6. The number of carbonyl (C=O) groups is 2. The third-order valence-electron chi connectivity index (χ3n) is 4.82. The fourth-order valence-corrected chi connectivity index (χ4v) is 3.30. The van der Waals surface area contributed by atoms with Crippen LogP contribution in [-0.2, 0) is 11.2 Å². The molecule has 5 heteroatoms. The molecular formula is C22H26N2O3. The maximum Gasteiger partial charge on any atom is 0.259 e. The van der Waals surface area contributed by atoms with Crippen LogP contribution in [0.25, 0.3) is 0 Å². The Morgan fingerprint density at radius 3 is 2.70 bits per heavy atom. The fourth-order valence-electron chi connectivity index (χ4n) is 3.30. The Bertz CT molecular complexity index is 845. The number of amides is 2. The molecule has 3 rings (SSSR count). The van der Waals surface area contributed by atoms with Crippen molar-refractivity contribution in [3.8, 4) is 5.75 Å². The Kier molecular flexibility index (Phi) is 5.79. The van der Waals surface area contributed by atoms with E-state index < -0.39 is 0 Å². The van der Waals surface area contributed by atoms with Gasteiger partial charge in [0.05, 0.1) is 12.7 Å². The van der Waals surface area contributed by atoms with E-state index in [1.165, 1.54) is 0 Å². The number of carbonyl (C=O) groups excluding carboxylic acids is 2. The van der Waals surface area contributed by atoms with Crippen LogP contribution in [0.5, 0.6) is 5.75 Å². The van der Waals surface area contributed by atoms with Crippen LogP contribution in [0.15, 0.2) is 42.5 Å². The minimum absolute atomic E-state index is 0.175. The van der Waals surface area contributed by atoms with Gasteiger partial charge in [-0.25, -0.2) is 0 Å². The molecule has 1 heterocycles. The number of hydrogen-bond acceptors (Lipinski definition) is 3. The average Bonchev–Trinajstić information content (AvgIpc) is 2.67. The lowest BCUT2D eigenvalue weighted by atomic mass is 9.99. The molecule has 0 radical (unpaired) electrons. The molecule has 0 aliphatic carbocycles. The van der Waals surface area contributed by atoms with E-state index in [0.717, 1.165) is 29.9 Å². The van der Waals surface area contributed by atoms with Gasteiger partial charge >= 0.3 is 0 Å². The summed E-state index contributed by atoms with van der Waals surface area (Å²) in [5.41, 5.74) is 3.27. The predicted molar refractivity (Wildman–Crippen MR) is 108 cm³/mol. The van der Waals surface area contributed by atoms with Gasteiger partial charge in [0, 0.05) is 24.3 Å². The standard InChI is InChI=1S/C22H26N2O3/c1-15(2)12-13-24-19-10-9-17(14-16(19)8-11-21(24)25)23-22(26)18-6-4-5-7-20(18)27-3/h4-7,9-10,14-15H,8,11-13H2,1-3H3,(H,23,26). The number of methoxy groups -OCH3 is 1. The van der Waals surface area contributed by atoms with Gasteiger partial charge in [0.15, 0.2) is 0 Å². The van der Waals surface area contributed by atoms with Gasteiger partial charge in [0.1, 0.15) is 5.75 Å². The quantitative estimate of drug-likeness (QED) is 0.830. The molecule has 0 fully saturated rings. The second kappa shape index (κ2) is 8.25. The van der Waals surface area contributed by atoms with E-state index in [-0.39, 0.29) is 11.8 Å². The van der Waals surface area contributed by atoms with Crippen molar-refractivity contribution in [3.05, 3.63) is 53.6 Å². The van der Waals surface area contributed by atoms with Crippen molar-refractivity contribution in [2.45, 2.75) is 33.1 Å². The molecule has 27 heavy (non-hydrogen) atoms. The largest absolute Gasteiger partial charge is 0.496 e. The van der Waals surface area contributed by atoms with Crippen molar-refractivity contribution in [3.63, 3.8) is 0 Å². The number of nitrogens with one attached hydrogen (secondary N) is 1. The van der Waals surface area contributed by atoms with E-state index in [2.05, 4.69) is 19.2 Å². The Morgan fingerprint density at radius 1 is 1.19 bits per heavy atom. The fraction of sp³-hybridized carbons (Fsp3) is 0.364. The van der Waals surface area contributed by atoms with Crippen LogP contribution >= 0.6 is 0 Å². The van der Waals surface area contributed by atoms with Gasteiger partial charge in [-0.05, 0) is 54.7 Å². The topological polar surface area (TPSA) is 58.6 Å². The van der Waals surface area contributed by atoms with E-state index in [0.29, 0.717) is 30.1 Å². The number of benzene rings is 2. The highest BCUT2D eigenvalue weighted by molar-refractivity contribution is 6.06. The summed E-state index contributed by atoms with van der Waals surface area (Å²) in [7, 11) is 1.55. The molecule has 0 atom stereocenters. The highest BCUT2D eigenvalue weighted by atomic mass is 16.5. The van der Waals surface area contributed by atoms with Gasteiger partial charge in [0.2, 0.25) is 5.91 Å². The third-order valence-corrected chi connectivity index (χ3v) is 4.82. The maximum absolute atomic E-state index is 12.6. The molecule has 0 unspecified atom stereocenters. The number of anilines is 2. The summed E-state index contributed by atoms with van der Waals surface area (Å²) in [6.07, 6.45) is 2.18. The number of fused-ring (bicyclic) bond motifs is 1. The van der Waals surface area contributed by atoms with E-state index >= 15 is 0 Å². The highest BCUT2D eigenvalue weighted by Gasteiger charge is 2.24. The third kappa shape index (κ3) is 4.30. The molecule has 5 nitrogen and oxygen atoms in total. The van der Waals surface area contributed by atoms with Crippen molar-refractivity contribution in [1.82, 2.24) is 0 Å². The van der Waals surface area contributed by atoms with E-state index in [9.17, 15) is 9.59 Å². The summed E-state index contributed by atoms with van der Waals surface area (Å²) < 4.78 is 5.26. The van der Waals surface area contributed by atoms with E-state index in [1.807, 2.05) is 35.2 Å². The average molecular weight is 366 g/mol. The molecule has 0 saturated carbocycles. The molecule has 0 bridgehead atoms. The summed E-state index contributed by atoms with van der Waals surface area (Å²) in [5, 5.41) is 2.94. The normalized spacial score (nSPS) is 13.5. The van der Waals surface area contributed by atoms with Gasteiger partial charge < -0.3 is 15.0 Å². The van der Waals surface area contributed by atoms with Crippen LogP contribution in [0.1, 0.15) is 42.6 Å². The van der Waals surface area contributed by atoms with Crippen LogP contribution in [-0.4, -0.2) is 25.5 Å². The summed E-state index contributed by atoms with van der Waals surface area (Å²) in [6.45, 7) is 5.05. The Hall–Kier alpha value is -2.82. The van der Waals surface area contributed by atoms with E-state index in [4.69, 9.17) is 4.74 Å². The van der Waals surface area contributed by atoms with Crippen LogP contribution in [0, 0.1) is 5.92 Å². The lowest BCUT2D eigenvalue weighted by Crippen LogP contribution is -2.36. The Labute approximate surface area is 160 Å². The zero-order valence-electron chi connectivity index (χ0n) is 16.1. The molecule has 1 N–H and O–H groups in total. The number of hydrogen-bond donors (Lipinski definition) is 1. The number of aryl methyl sites for hydroxylation is 1. The monoisotopic (exact) mass is 366 g/mol. The molecule has 0 saturated heterocycles. The zero-order valence-corrected chi connectivity index (χ0v) is 16.1. The molecule has 1 aliphatic heterocycles. The van der Waals surface area contributed by atoms with Gasteiger partial charge in [-0.15, -0.1) is 0 Å². The van der Waals surface area contributed by atoms with E-state index in [1.54, 1.807) is 19.2 Å². The van der Waals surface area contributed by atoms with Crippen LogP contribution in [0.4, 0.5) is 11.4 Å². The minimum atomic E-state index is -0.212. The molecular weight excluding hydrogens is 340 g/mol. The summed E-state index contributed by atoms with van der Waals surface area (Å²) in [4.78, 5) is 26.8. The molecule has 0 spiro atoms. The zero-order chi connectivity index (χ0) is 19.4. The smallest absolute Gasteiger partial charge is 0.259 e. The van der Waals surface area contributed by atoms with Gasteiger partial charge in [-0.1, -0.05) is 26.0 Å². The lowest BCUT2D eigenvalue weighted by molar-refractivity contribution is -0.118. The van der Waals surface area contributed by atoms with Crippen molar-refractivity contribution in [2.24, 2.45) is 5.92 Å². The van der Waals surface area contributed by atoms with Crippen LogP contribution in [0.2, 0.25) is 0 Å². The second-order valence-electron chi connectivity index (χ2n) is 7.23. The highest BCUT2D eigenvalue weighted by Crippen LogP contribution is 2.31. The number of ether oxygens (including phenoxy) is 1. The molecule has 2 aromatic rings. The molecule has 2 aromatic carbocycles. The second-order valence-corrected chi connectivity index (χ2v) is 7.23. The molecule has 2 amide bonds. The predicted octanol–water partition coefficient (Wildman–Crippen LogP) is 4.27. The number of nitrogens with zero attached hydrogens (tertiary/aromatic N) is 1. The number of para-hydroxylation sites is 1. The summed E-state index contributed by atoms with van der Waals surface area (Å²) in [6, 6.07) is 12.9. The van der Waals surface area contributed by atoms with Gasteiger partial charge in [-0.2, -0.15) is 0 Å². The summed E-state index contributed by atoms with van der Waals surface area (Å²) in [5.74, 6) is 1.05. The SMILES string of the molecule is COc1ccccc1C(=O)Nc1ccc2c(c1)CCC(=O)N2CCC(C)C.